The predicted octanol–water partition coefficient (Wildman–Crippen LogP) is 3.85. The van der Waals surface area contributed by atoms with E-state index in [1.54, 1.807) is 20.4 Å². The fourth-order valence-corrected chi connectivity index (χ4v) is 10.1. The molecule has 2 aliphatic heterocycles. The molecule has 3 fully saturated rings. The van der Waals surface area contributed by atoms with Gasteiger partial charge >= 0.3 is 0 Å². The van der Waals surface area contributed by atoms with E-state index in [-0.39, 0.29) is 49.1 Å². The maximum absolute atomic E-state index is 14.8. The number of nitrogens with one attached hydrogen (secondary N) is 8. The Hall–Kier alpha value is -7.64. The Kier molecular flexibility index (Phi) is 17.4. The highest BCUT2D eigenvalue weighted by Crippen LogP contribution is 2.40. The van der Waals surface area contributed by atoms with E-state index in [9.17, 15) is 24.0 Å². The van der Waals surface area contributed by atoms with E-state index in [1.165, 1.54) is 0 Å². The number of para-hydroxylation sites is 1. The maximum Gasteiger partial charge on any atom is 0.243 e. The molecule has 0 bridgehead atoms. The van der Waals surface area contributed by atoms with Crippen molar-refractivity contribution in [1.29, 1.82) is 5.41 Å². The summed E-state index contributed by atoms with van der Waals surface area (Å²) in [5, 5.41) is 25.5. The average Bonchev–Trinajstić information content (AvgIpc) is 3.78. The first-order valence-electron chi connectivity index (χ1n) is 25.4. The number of ether oxygens (including phenoxy) is 3. The summed E-state index contributed by atoms with van der Waals surface area (Å²) in [6.45, 7) is 3.41. The molecule has 5 aromatic rings. The number of benzene rings is 4. The zero-order valence-corrected chi connectivity index (χ0v) is 42.1. The van der Waals surface area contributed by atoms with Gasteiger partial charge in [-0.1, -0.05) is 48.9 Å². The van der Waals surface area contributed by atoms with Crippen molar-refractivity contribution >= 4 is 57.8 Å². The number of methoxy groups -OCH3 is 2. The molecule has 19 nitrogen and oxygen atoms in total. The highest BCUT2D eigenvalue weighted by atomic mass is 16.5. The number of hydrogen-bond donors (Lipinski definition) is 10. The van der Waals surface area contributed by atoms with Gasteiger partial charge < -0.3 is 67.5 Å². The zero-order valence-electron chi connectivity index (χ0n) is 42.1. The van der Waals surface area contributed by atoms with Crippen LogP contribution in [0.15, 0.2) is 97.2 Å². The number of aromatic nitrogens is 1. The lowest BCUT2D eigenvalue weighted by Gasteiger charge is -2.56. The minimum Gasteiger partial charge on any atom is -0.497 e. The van der Waals surface area contributed by atoms with Crippen LogP contribution in [0.4, 0.5) is 11.4 Å². The Morgan fingerprint density at radius 3 is 2.24 bits per heavy atom. The second kappa shape index (κ2) is 24.4. The van der Waals surface area contributed by atoms with Crippen molar-refractivity contribution in [3.05, 3.63) is 108 Å². The van der Waals surface area contributed by atoms with Crippen LogP contribution in [0.25, 0.3) is 22.0 Å². The molecule has 0 radical (unpaired) electrons. The standard InChI is InChI=1S/C55H69N11O8/c1-72-41-21-22-44-43(27-41)37(28-60-44)26-47(64-50(68)36-8-7-9-38(56)25-36)53(71)65-46(24-34-13-15-35(16-14-34)42-10-3-4-12-48(42)73-2)52(70)63-45(11-5-6-23-59-54(57)58)51(69)61-29-49(67)62-39-17-19-40(20-18-39)66-30-55(31-66)32-74-33-55/h3-4,10,12-22,27-28,36,38,45-47,60H,5-9,11,23-26,29-33,56H2,1-2H3,(H,61,69)(H,62,67)(H,63,70)(H,64,68)(H,65,71)(H4,57,58,59)/t36-,38-,45-,46-,47-/m0/s1. The maximum atomic E-state index is 14.8. The topological polar surface area (TPSA) is 280 Å². The van der Waals surface area contributed by atoms with Crippen LogP contribution in [0.2, 0.25) is 0 Å². The number of amides is 5. The van der Waals surface area contributed by atoms with E-state index >= 15 is 0 Å². The number of carbonyl (C=O) groups excluding carboxylic acids is 5. The molecule has 19 heteroatoms. The normalized spacial score (nSPS) is 17.9. The van der Waals surface area contributed by atoms with Crippen molar-refractivity contribution in [3.8, 4) is 22.6 Å². The van der Waals surface area contributed by atoms with Crippen LogP contribution in [0.5, 0.6) is 11.5 Å². The monoisotopic (exact) mass is 1010 g/mol. The third kappa shape index (κ3) is 13.5. The molecule has 12 N–H and O–H groups in total. The molecule has 3 aliphatic rings. The van der Waals surface area contributed by atoms with E-state index in [0.29, 0.717) is 55.0 Å². The van der Waals surface area contributed by atoms with Crippen molar-refractivity contribution in [3.63, 3.8) is 0 Å². The van der Waals surface area contributed by atoms with Gasteiger partial charge in [-0.05, 0) is 104 Å². The molecule has 5 atom stereocenters. The molecule has 0 unspecified atom stereocenters. The quantitative estimate of drug-likeness (QED) is 0.0254. The molecule has 2 saturated heterocycles. The lowest BCUT2D eigenvalue weighted by atomic mass is 9.78. The highest BCUT2D eigenvalue weighted by molar-refractivity contribution is 5.98. The predicted molar refractivity (Wildman–Crippen MR) is 284 cm³/mol. The minimum absolute atomic E-state index is 0.0112. The van der Waals surface area contributed by atoms with E-state index < -0.39 is 47.7 Å². The summed E-state index contributed by atoms with van der Waals surface area (Å²) in [6, 6.07) is 24.6. The summed E-state index contributed by atoms with van der Waals surface area (Å²) < 4.78 is 16.5. The largest absolute Gasteiger partial charge is 0.497 e. The van der Waals surface area contributed by atoms with Crippen LogP contribution >= 0.6 is 0 Å². The minimum atomic E-state index is -1.24. The second-order valence-electron chi connectivity index (χ2n) is 19.8. The summed E-state index contributed by atoms with van der Waals surface area (Å²) >= 11 is 0. The fourth-order valence-electron chi connectivity index (χ4n) is 10.1. The summed E-state index contributed by atoms with van der Waals surface area (Å²) in [4.78, 5) is 76.4. The summed E-state index contributed by atoms with van der Waals surface area (Å²) in [6.07, 6.45) is 5.69. The molecule has 3 heterocycles. The van der Waals surface area contributed by atoms with Gasteiger partial charge in [0.2, 0.25) is 29.5 Å². The van der Waals surface area contributed by atoms with Gasteiger partial charge in [0.05, 0.1) is 39.4 Å². The van der Waals surface area contributed by atoms with E-state index in [4.69, 9.17) is 31.1 Å². The number of hydrogen-bond acceptors (Lipinski definition) is 11. The second-order valence-corrected chi connectivity index (χ2v) is 19.8. The van der Waals surface area contributed by atoms with Gasteiger partial charge in [-0.2, -0.15) is 0 Å². The van der Waals surface area contributed by atoms with Crippen molar-refractivity contribution in [1.82, 2.24) is 31.6 Å². The lowest BCUT2D eigenvalue weighted by Crippen LogP contribution is -2.66. The molecule has 74 heavy (non-hydrogen) atoms. The number of nitrogens with zero attached hydrogens (tertiary/aromatic N) is 1. The number of aromatic amines is 1. The molecule has 8 rings (SSSR count). The number of carbonyl (C=O) groups is 5. The third-order valence-electron chi connectivity index (χ3n) is 14.2. The van der Waals surface area contributed by atoms with E-state index in [1.807, 2.05) is 91.0 Å². The molecule has 1 aliphatic carbocycles. The number of H-pyrrole nitrogens is 1. The summed E-state index contributed by atoms with van der Waals surface area (Å²) in [5.41, 5.74) is 17.7. The molecular weight excluding hydrogens is 943 g/mol. The molecule has 1 aromatic heterocycles. The highest BCUT2D eigenvalue weighted by Gasteiger charge is 2.49. The van der Waals surface area contributed by atoms with Gasteiger partial charge in [0.1, 0.15) is 29.6 Å². The van der Waals surface area contributed by atoms with Crippen LogP contribution in [0, 0.1) is 16.7 Å². The number of guanidine groups is 1. The summed E-state index contributed by atoms with van der Waals surface area (Å²) in [5.74, 6) is -1.91. The lowest BCUT2D eigenvalue weighted by molar-refractivity contribution is -0.134. The number of nitrogens with two attached hydrogens (primary N) is 2. The van der Waals surface area contributed by atoms with Crippen LogP contribution in [0.3, 0.4) is 0 Å². The van der Waals surface area contributed by atoms with Crippen molar-refractivity contribution in [2.45, 2.75) is 82.0 Å². The molecule has 392 valence electrons. The third-order valence-corrected chi connectivity index (χ3v) is 14.2. The van der Waals surface area contributed by atoms with E-state index in [2.05, 4.69) is 41.8 Å². The molecule has 1 spiro atoms. The van der Waals surface area contributed by atoms with Gasteiger partial charge in [0.25, 0.3) is 0 Å². The smallest absolute Gasteiger partial charge is 0.243 e. The fraction of sp³-hybridized carbons (Fsp3) is 0.418. The van der Waals surface area contributed by atoms with Gasteiger partial charge in [0.15, 0.2) is 5.96 Å². The average molecular weight is 1010 g/mol. The Morgan fingerprint density at radius 2 is 1.55 bits per heavy atom. The first kappa shape index (κ1) is 52.7. The number of rotatable bonds is 23. The van der Waals surface area contributed by atoms with Crippen LogP contribution in [-0.4, -0.2) is 118 Å². The van der Waals surface area contributed by atoms with Crippen LogP contribution in [-0.2, 0) is 41.6 Å². The van der Waals surface area contributed by atoms with Crippen molar-refractivity contribution < 1.29 is 38.2 Å². The SMILES string of the molecule is COc1ccc2[nH]cc(C[C@H](NC(=O)[C@H]3CCC[C@H](N)C3)C(=O)N[C@@H](Cc3ccc(-c4ccccc4OC)cc3)C(=O)N[C@@H](CCCCNC(=N)N)C(=O)NCC(=O)Nc3ccc(N4CC5(COC5)C4)cc3)c2c1. The van der Waals surface area contributed by atoms with Gasteiger partial charge in [-0.25, -0.2) is 0 Å². The van der Waals surface area contributed by atoms with Gasteiger partial charge in [-0.3, -0.25) is 29.4 Å². The number of anilines is 2. The molecular formula is C55H69N11O8. The molecule has 1 saturated carbocycles. The van der Waals surface area contributed by atoms with Crippen LogP contribution < -0.4 is 57.7 Å². The summed E-state index contributed by atoms with van der Waals surface area (Å²) in [7, 11) is 3.18. The zero-order chi connectivity index (χ0) is 52.2. The first-order valence-corrected chi connectivity index (χ1v) is 25.4. The van der Waals surface area contributed by atoms with Crippen LogP contribution in [0.1, 0.15) is 56.1 Å². The Labute approximate surface area is 431 Å². The molecule has 4 aromatic carbocycles. The van der Waals surface area contributed by atoms with Crippen molar-refractivity contribution in [2.75, 3.05) is 63.8 Å². The molecule has 5 amide bonds. The number of unbranched alkanes of at least 4 members (excludes halogenated alkanes) is 1. The van der Waals surface area contributed by atoms with Gasteiger partial charge in [0, 0.05) is 78.5 Å². The number of fused-ring (bicyclic) bond motifs is 1. The Balaban J connectivity index is 1.01. The first-order chi connectivity index (χ1) is 35.8. The Bertz CT molecular complexity index is 2770. The Morgan fingerprint density at radius 1 is 0.824 bits per heavy atom. The van der Waals surface area contributed by atoms with Crippen molar-refractivity contribution in [2.24, 2.45) is 22.8 Å². The van der Waals surface area contributed by atoms with Gasteiger partial charge in [-0.15, -0.1) is 0 Å². The van der Waals surface area contributed by atoms with E-state index in [0.717, 1.165) is 72.4 Å².